The minimum absolute atomic E-state index is 0.151. The maximum absolute atomic E-state index is 11.0. The summed E-state index contributed by atoms with van der Waals surface area (Å²) in [5.41, 5.74) is -0.302. The van der Waals surface area contributed by atoms with Gasteiger partial charge in [-0.1, -0.05) is 0 Å². The lowest BCUT2D eigenvalue weighted by Crippen LogP contribution is -2.13. The molecule has 9 heteroatoms. The number of methoxy groups -OCH3 is 1. The Morgan fingerprint density at radius 3 is 1.58 bits per heavy atom. The Balaban J connectivity index is 2.16. The van der Waals surface area contributed by atoms with Gasteiger partial charge in [-0.25, -0.2) is 9.59 Å². The molecule has 0 bridgehead atoms. The monoisotopic (exact) mass is 372 g/mol. The zero-order valence-electron chi connectivity index (χ0n) is 14.6. The van der Waals surface area contributed by atoms with Crippen LogP contribution in [0.4, 0.5) is 0 Å². The summed E-state index contributed by atoms with van der Waals surface area (Å²) in [5.74, 6) is -2.29. The molecular formula is C17H24O9. The molecule has 0 aromatic heterocycles. The Labute approximate surface area is 151 Å². The summed E-state index contributed by atoms with van der Waals surface area (Å²) in [6.45, 7) is 3.21. The van der Waals surface area contributed by atoms with Gasteiger partial charge in [0.15, 0.2) is 0 Å². The zero-order chi connectivity index (χ0) is 19.2. The minimum Gasteiger partial charge on any atom is -0.491 e. The van der Waals surface area contributed by atoms with Crippen LogP contribution in [0.25, 0.3) is 0 Å². The Morgan fingerprint density at radius 2 is 1.15 bits per heavy atom. The fourth-order valence-electron chi connectivity index (χ4n) is 1.83. The second-order valence-corrected chi connectivity index (χ2v) is 5.03. The van der Waals surface area contributed by atoms with Gasteiger partial charge >= 0.3 is 11.9 Å². The molecular weight excluding hydrogens is 348 g/mol. The summed E-state index contributed by atoms with van der Waals surface area (Å²) in [6, 6.07) is 3.60. The number of hydrogen-bond donors (Lipinski definition) is 2. The molecule has 1 aromatic carbocycles. The normalized spacial score (nSPS) is 10.7. The first kappa shape index (κ1) is 21.8. The molecule has 0 aliphatic carbocycles. The third kappa shape index (κ3) is 9.33. The quantitative estimate of drug-likeness (QED) is 0.437. The van der Waals surface area contributed by atoms with Crippen LogP contribution in [0.5, 0.6) is 5.75 Å². The zero-order valence-corrected chi connectivity index (χ0v) is 14.6. The standard InChI is InChI=1S/C17H24O9/c1-22-2-3-23-4-5-24-6-7-25-8-9-26-15-11-13(16(18)19)10-14(12-15)17(20)21/h10-12H,2-9H2,1H3,(H,18,19)(H,20,21). The Hall–Kier alpha value is -2.20. The molecule has 1 rings (SSSR count). The topological polar surface area (TPSA) is 121 Å². The number of rotatable bonds is 15. The van der Waals surface area contributed by atoms with Crippen LogP contribution in [-0.4, -0.2) is 82.1 Å². The van der Waals surface area contributed by atoms with E-state index in [0.29, 0.717) is 39.6 Å². The summed E-state index contributed by atoms with van der Waals surface area (Å²) in [6.07, 6.45) is 0. The molecule has 0 atom stereocenters. The third-order valence-corrected chi connectivity index (χ3v) is 3.07. The summed E-state index contributed by atoms with van der Waals surface area (Å²) in [5, 5.41) is 18.0. The third-order valence-electron chi connectivity index (χ3n) is 3.07. The van der Waals surface area contributed by atoms with Crippen molar-refractivity contribution in [3.63, 3.8) is 0 Å². The van der Waals surface area contributed by atoms with E-state index in [9.17, 15) is 9.59 Å². The highest BCUT2D eigenvalue weighted by Crippen LogP contribution is 2.17. The van der Waals surface area contributed by atoms with Crippen molar-refractivity contribution in [2.24, 2.45) is 0 Å². The Morgan fingerprint density at radius 1 is 0.731 bits per heavy atom. The predicted molar refractivity (Wildman–Crippen MR) is 90.2 cm³/mol. The van der Waals surface area contributed by atoms with Crippen LogP contribution in [0.1, 0.15) is 20.7 Å². The first-order valence-corrected chi connectivity index (χ1v) is 8.01. The van der Waals surface area contributed by atoms with E-state index in [1.54, 1.807) is 7.11 Å². The van der Waals surface area contributed by atoms with Gasteiger partial charge in [0.2, 0.25) is 0 Å². The SMILES string of the molecule is COCCOCCOCCOCCOc1cc(C(=O)O)cc(C(=O)O)c1. The molecule has 0 unspecified atom stereocenters. The van der Waals surface area contributed by atoms with Gasteiger partial charge < -0.3 is 33.9 Å². The van der Waals surface area contributed by atoms with Gasteiger partial charge in [0.1, 0.15) is 12.4 Å². The van der Waals surface area contributed by atoms with Crippen LogP contribution in [-0.2, 0) is 18.9 Å². The van der Waals surface area contributed by atoms with Crippen LogP contribution < -0.4 is 4.74 Å². The van der Waals surface area contributed by atoms with E-state index in [-0.39, 0.29) is 30.1 Å². The van der Waals surface area contributed by atoms with Crippen molar-refractivity contribution in [3.8, 4) is 5.75 Å². The fraction of sp³-hybridized carbons (Fsp3) is 0.529. The predicted octanol–water partition coefficient (Wildman–Crippen LogP) is 1.16. The number of carbonyl (C=O) groups is 2. The Bertz CT molecular complexity index is 527. The van der Waals surface area contributed by atoms with Crippen molar-refractivity contribution < 1.29 is 43.5 Å². The first-order chi connectivity index (χ1) is 12.5. The summed E-state index contributed by atoms with van der Waals surface area (Å²) < 4.78 is 26.0. The molecule has 26 heavy (non-hydrogen) atoms. The maximum atomic E-state index is 11.0. The summed E-state index contributed by atoms with van der Waals surface area (Å²) in [7, 11) is 1.61. The number of carboxylic acids is 2. The molecule has 0 spiro atoms. The molecule has 0 fully saturated rings. The van der Waals surface area contributed by atoms with Crippen LogP contribution >= 0.6 is 0 Å². The van der Waals surface area contributed by atoms with E-state index in [4.69, 9.17) is 33.9 Å². The summed E-state index contributed by atoms with van der Waals surface area (Å²) >= 11 is 0. The molecule has 0 heterocycles. The first-order valence-electron chi connectivity index (χ1n) is 8.01. The minimum atomic E-state index is -1.22. The van der Waals surface area contributed by atoms with Crippen molar-refractivity contribution in [2.45, 2.75) is 0 Å². The Kier molecular flexibility index (Phi) is 11.0. The lowest BCUT2D eigenvalue weighted by atomic mass is 10.1. The highest BCUT2D eigenvalue weighted by molar-refractivity contribution is 5.94. The van der Waals surface area contributed by atoms with Gasteiger partial charge in [-0.2, -0.15) is 0 Å². The van der Waals surface area contributed by atoms with Crippen molar-refractivity contribution in [1.82, 2.24) is 0 Å². The number of hydrogen-bond acceptors (Lipinski definition) is 7. The second kappa shape index (κ2) is 13.1. The van der Waals surface area contributed by atoms with Gasteiger partial charge in [-0.15, -0.1) is 0 Å². The molecule has 2 N–H and O–H groups in total. The number of carboxylic acid groups (broad SMARTS) is 2. The molecule has 0 amide bonds. The number of ether oxygens (including phenoxy) is 5. The van der Waals surface area contributed by atoms with Crippen LogP contribution in [0.3, 0.4) is 0 Å². The lowest BCUT2D eigenvalue weighted by Gasteiger charge is -2.09. The van der Waals surface area contributed by atoms with Crippen LogP contribution in [0.15, 0.2) is 18.2 Å². The fourth-order valence-corrected chi connectivity index (χ4v) is 1.83. The molecule has 0 aliphatic rings. The second-order valence-electron chi connectivity index (χ2n) is 5.03. The van der Waals surface area contributed by atoms with E-state index in [1.807, 2.05) is 0 Å². The molecule has 0 saturated heterocycles. The highest BCUT2D eigenvalue weighted by Gasteiger charge is 2.12. The molecule has 0 saturated carbocycles. The summed E-state index contributed by atoms with van der Waals surface area (Å²) in [4.78, 5) is 22.0. The van der Waals surface area contributed by atoms with Gasteiger partial charge in [0.05, 0.1) is 57.4 Å². The largest absolute Gasteiger partial charge is 0.491 e. The molecule has 1 aromatic rings. The van der Waals surface area contributed by atoms with Crippen molar-refractivity contribution in [2.75, 3.05) is 60.0 Å². The van der Waals surface area contributed by atoms with Gasteiger partial charge in [-0.05, 0) is 18.2 Å². The smallest absolute Gasteiger partial charge is 0.335 e. The molecule has 146 valence electrons. The van der Waals surface area contributed by atoms with Crippen molar-refractivity contribution in [3.05, 3.63) is 29.3 Å². The van der Waals surface area contributed by atoms with E-state index < -0.39 is 11.9 Å². The average molecular weight is 372 g/mol. The van der Waals surface area contributed by atoms with Crippen molar-refractivity contribution in [1.29, 1.82) is 0 Å². The van der Waals surface area contributed by atoms with E-state index in [2.05, 4.69) is 0 Å². The average Bonchev–Trinajstić information content (AvgIpc) is 2.62. The van der Waals surface area contributed by atoms with Gasteiger partial charge in [0, 0.05) is 7.11 Å². The maximum Gasteiger partial charge on any atom is 0.335 e. The van der Waals surface area contributed by atoms with E-state index in [1.165, 1.54) is 12.1 Å². The van der Waals surface area contributed by atoms with Gasteiger partial charge in [0.25, 0.3) is 0 Å². The van der Waals surface area contributed by atoms with Crippen molar-refractivity contribution >= 4 is 11.9 Å². The molecule has 0 aliphatic heterocycles. The van der Waals surface area contributed by atoms with E-state index >= 15 is 0 Å². The molecule has 0 radical (unpaired) electrons. The lowest BCUT2D eigenvalue weighted by molar-refractivity contribution is 0.000156. The van der Waals surface area contributed by atoms with E-state index in [0.717, 1.165) is 6.07 Å². The van der Waals surface area contributed by atoms with Gasteiger partial charge in [-0.3, -0.25) is 0 Å². The van der Waals surface area contributed by atoms with Crippen LogP contribution in [0, 0.1) is 0 Å². The highest BCUT2D eigenvalue weighted by atomic mass is 16.6. The van der Waals surface area contributed by atoms with Crippen LogP contribution in [0.2, 0.25) is 0 Å². The number of aromatic carboxylic acids is 2. The number of benzene rings is 1. The molecule has 9 nitrogen and oxygen atoms in total.